The summed E-state index contributed by atoms with van der Waals surface area (Å²) in [7, 11) is 1.64. The fourth-order valence-electron chi connectivity index (χ4n) is 4.37. The Hall–Kier alpha value is -4.72. The number of para-hydroxylation sites is 1. The molecule has 0 spiro atoms. The number of benzene rings is 3. The number of fused-ring (bicyclic) bond motifs is 2. The maximum atomic E-state index is 13.1. The molecule has 2 heterocycles. The fraction of sp³-hybridized carbons (Fsp3) is 0.143. The van der Waals surface area contributed by atoms with E-state index < -0.39 is 5.97 Å². The number of carboxylic acid groups (broad SMARTS) is 1. The standard InChI is InChI=1S/C28H23N3O5/c1-15-10-20(16(2)30-22-7-5-4-6-19(22)28(34)35)26-21(11-15)24(32)13-25(36-26)17-8-9-18-23(12-17)29-14-31(3)27(18)33/h4-14,16,30H,1-3H3,(H,34,35). The van der Waals surface area contributed by atoms with Crippen molar-refractivity contribution in [3.8, 4) is 11.3 Å². The lowest BCUT2D eigenvalue weighted by Gasteiger charge is -2.19. The summed E-state index contributed by atoms with van der Waals surface area (Å²) in [4.78, 5) is 41.5. The van der Waals surface area contributed by atoms with Crippen LogP contribution in [0.5, 0.6) is 0 Å². The Balaban J connectivity index is 1.65. The first-order valence-electron chi connectivity index (χ1n) is 11.4. The highest BCUT2D eigenvalue weighted by Crippen LogP contribution is 2.31. The molecule has 0 bridgehead atoms. The lowest BCUT2D eigenvalue weighted by molar-refractivity contribution is 0.0698. The number of aromatic carboxylic acids is 1. The molecule has 5 rings (SSSR count). The second-order valence-electron chi connectivity index (χ2n) is 8.82. The van der Waals surface area contributed by atoms with Crippen LogP contribution < -0.4 is 16.3 Å². The largest absolute Gasteiger partial charge is 0.478 e. The average Bonchev–Trinajstić information content (AvgIpc) is 2.86. The number of rotatable bonds is 5. The molecule has 5 aromatic rings. The summed E-state index contributed by atoms with van der Waals surface area (Å²) < 4.78 is 7.69. The molecule has 2 aromatic heterocycles. The Labute approximate surface area is 205 Å². The molecule has 0 saturated heterocycles. The Bertz CT molecular complexity index is 1780. The summed E-state index contributed by atoms with van der Waals surface area (Å²) in [6.45, 7) is 3.78. The Morgan fingerprint density at radius 2 is 1.83 bits per heavy atom. The molecule has 1 atom stereocenters. The highest BCUT2D eigenvalue weighted by Gasteiger charge is 2.18. The number of carboxylic acids is 1. The van der Waals surface area contributed by atoms with Gasteiger partial charge in [-0.2, -0.15) is 0 Å². The van der Waals surface area contributed by atoms with Gasteiger partial charge in [0.05, 0.1) is 34.2 Å². The van der Waals surface area contributed by atoms with E-state index in [1.54, 1.807) is 49.5 Å². The van der Waals surface area contributed by atoms with Crippen molar-refractivity contribution < 1.29 is 14.3 Å². The number of hydrogen-bond acceptors (Lipinski definition) is 6. The van der Waals surface area contributed by atoms with Gasteiger partial charge in [0.15, 0.2) is 5.43 Å². The number of carbonyl (C=O) groups is 1. The van der Waals surface area contributed by atoms with Gasteiger partial charge in [0.1, 0.15) is 11.3 Å². The monoisotopic (exact) mass is 481 g/mol. The van der Waals surface area contributed by atoms with E-state index >= 15 is 0 Å². The minimum absolute atomic E-state index is 0.151. The van der Waals surface area contributed by atoms with Crippen LogP contribution in [0.3, 0.4) is 0 Å². The average molecular weight is 482 g/mol. The van der Waals surface area contributed by atoms with Gasteiger partial charge in [0, 0.05) is 29.9 Å². The van der Waals surface area contributed by atoms with E-state index in [0.29, 0.717) is 38.9 Å². The van der Waals surface area contributed by atoms with E-state index in [-0.39, 0.29) is 22.6 Å². The molecule has 0 aliphatic rings. The molecule has 0 amide bonds. The third-order valence-corrected chi connectivity index (χ3v) is 6.20. The second kappa shape index (κ2) is 8.81. The predicted molar refractivity (Wildman–Crippen MR) is 139 cm³/mol. The van der Waals surface area contributed by atoms with Crippen molar-refractivity contribution >= 4 is 33.5 Å². The van der Waals surface area contributed by atoms with Gasteiger partial charge < -0.3 is 19.4 Å². The third kappa shape index (κ3) is 4.02. The van der Waals surface area contributed by atoms with Crippen molar-refractivity contribution in [1.29, 1.82) is 0 Å². The van der Waals surface area contributed by atoms with Gasteiger partial charge in [-0.25, -0.2) is 9.78 Å². The predicted octanol–water partition coefficient (Wildman–Crippen LogP) is 4.89. The zero-order valence-electron chi connectivity index (χ0n) is 19.9. The molecule has 1 unspecified atom stereocenters. The molecule has 0 aliphatic carbocycles. The molecule has 3 aromatic carbocycles. The van der Waals surface area contributed by atoms with E-state index in [1.807, 2.05) is 19.9 Å². The molecule has 2 N–H and O–H groups in total. The quantitative estimate of drug-likeness (QED) is 0.367. The van der Waals surface area contributed by atoms with Crippen LogP contribution in [0.15, 0.2) is 81.0 Å². The maximum Gasteiger partial charge on any atom is 0.337 e. The summed E-state index contributed by atoms with van der Waals surface area (Å²) in [6, 6.07) is 16.5. The summed E-state index contributed by atoms with van der Waals surface area (Å²) in [5.74, 6) is -0.687. The minimum Gasteiger partial charge on any atom is -0.478 e. The molecule has 8 heteroatoms. The van der Waals surface area contributed by atoms with Gasteiger partial charge in [-0.1, -0.05) is 24.3 Å². The van der Waals surface area contributed by atoms with Crippen LogP contribution in [0, 0.1) is 6.92 Å². The fourth-order valence-corrected chi connectivity index (χ4v) is 4.37. The van der Waals surface area contributed by atoms with E-state index in [2.05, 4.69) is 10.3 Å². The number of nitrogens with zero attached hydrogens (tertiary/aromatic N) is 2. The molecule has 36 heavy (non-hydrogen) atoms. The van der Waals surface area contributed by atoms with Gasteiger partial charge in [-0.05, 0) is 49.7 Å². The number of nitrogens with one attached hydrogen (secondary N) is 1. The van der Waals surface area contributed by atoms with Gasteiger partial charge in [0.25, 0.3) is 5.56 Å². The summed E-state index contributed by atoms with van der Waals surface area (Å²) in [5, 5.41) is 13.7. The van der Waals surface area contributed by atoms with Crippen LogP contribution in [0.2, 0.25) is 0 Å². The number of hydrogen-bond donors (Lipinski definition) is 2. The van der Waals surface area contributed by atoms with E-state index in [4.69, 9.17) is 4.42 Å². The van der Waals surface area contributed by atoms with Crippen LogP contribution in [-0.2, 0) is 7.05 Å². The first-order valence-corrected chi connectivity index (χ1v) is 11.4. The molecule has 0 fully saturated rings. The van der Waals surface area contributed by atoms with Crippen molar-refractivity contribution in [3.05, 3.63) is 104 Å². The molecule has 0 saturated carbocycles. The van der Waals surface area contributed by atoms with Crippen molar-refractivity contribution in [2.24, 2.45) is 7.05 Å². The Kier molecular flexibility index (Phi) is 5.64. The SMILES string of the molecule is Cc1cc(C(C)Nc2ccccc2C(=O)O)c2oc(-c3ccc4c(=O)n(C)cnc4c3)cc(=O)c2c1. The first-order chi connectivity index (χ1) is 17.2. The first kappa shape index (κ1) is 23.0. The number of aromatic nitrogens is 2. The summed E-state index contributed by atoms with van der Waals surface area (Å²) in [6.07, 6.45) is 1.45. The van der Waals surface area contributed by atoms with E-state index in [0.717, 1.165) is 11.1 Å². The van der Waals surface area contributed by atoms with Gasteiger partial charge in [-0.3, -0.25) is 9.59 Å². The molecular formula is C28H23N3O5. The van der Waals surface area contributed by atoms with Crippen molar-refractivity contribution in [1.82, 2.24) is 9.55 Å². The maximum absolute atomic E-state index is 13.1. The van der Waals surface area contributed by atoms with Crippen molar-refractivity contribution in [3.63, 3.8) is 0 Å². The molecule has 0 radical (unpaired) electrons. The second-order valence-corrected chi connectivity index (χ2v) is 8.82. The smallest absolute Gasteiger partial charge is 0.337 e. The van der Waals surface area contributed by atoms with Crippen LogP contribution in [0.1, 0.15) is 34.5 Å². The van der Waals surface area contributed by atoms with Crippen molar-refractivity contribution in [2.75, 3.05) is 5.32 Å². The van der Waals surface area contributed by atoms with Crippen molar-refractivity contribution in [2.45, 2.75) is 19.9 Å². The van der Waals surface area contributed by atoms with Crippen LogP contribution in [0.25, 0.3) is 33.2 Å². The van der Waals surface area contributed by atoms with Gasteiger partial charge in [0.2, 0.25) is 0 Å². The van der Waals surface area contributed by atoms with E-state index in [1.165, 1.54) is 23.0 Å². The lowest BCUT2D eigenvalue weighted by atomic mass is 10.00. The number of aryl methyl sites for hydroxylation is 2. The van der Waals surface area contributed by atoms with Crippen LogP contribution in [0.4, 0.5) is 5.69 Å². The molecule has 0 aliphatic heterocycles. The molecular weight excluding hydrogens is 458 g/mol. The topological polar surface area (TPSA) is 114 Å². The minimum atomic E-state index is -1.03. The Morgan fingerprint density at radius 3 is 2.61 bits per heavy atom. The van der Waals surface area contributed by atoms with Gasteiger partial charge in [-0.15, -0.1) is 0 Å². The highest BCUT2D eigenvalue weighted by molar-refractivity contribution is 5.94. The van der Waals surface area contributed by atoms with Gasteiger partial charge >= 0.3 is 5.97 Å². The Morgan fingerprint density at radius 1 is 1.06 bits per heavy atom. The summed E-state index contributed by atoms with van der Waals surface area (Å²) in [5.41, 5.74) is 3.38. The normalized spacial score (nSPS) is 12.1. The van der Waals surface area contributed by atoms with Crippen LogP contribution in [-0.4, -0.2) is 20.6 Å². The molecule has 8 nitrogen and oxygen atoms in total. The van der Waals surface area contributed by atoms with E-state index in [9.17, 15) is 19.5 Å². The lowest BCUT2D eigenvalue weighted by Crippen LogP contribution is -2.16. The zero-order valence-corrected chi connectivity index (χ0v) is 19.9. The number of anilines is 1. The highest BCUT2D eigenvalue weighted by atomic mass is 16.4. The van der Waals surface area contributed by atoms with Crippen LogP contribution >= 0.6 is 0 Å². The zero-order chi connectivity index (χ0) is 25.6. The summed E-state index contributed by atoms with van der Waals surface area (Å²) >= 11 is 0. The third-order valence-electron chi connectivity index (χ3n) is 6.20. The molecule has 180 valence electrons.